The van der Waals surface area contributed by atoms with Gasteiger partial charge in [0.15, 0.2) is 0 Å². The summed E-state index contributed by atoms with van der Waals surface area (Å²) >= 11 is 0. The van der Waals surface area contributed by atoms with Gasteiger partial charge < -0.3 is 15.4 Å². The smallest absolute Gasteiger partial charge is 0.233 e. The van der Waals surface area contributed by atoms with Crippen LogP contribution in [0.1, 0.15) is 12.0 Å². The highest BCUT2D eigenvalue weighted by molar-refractivity contribution is 6.03. The van der Waals surface area contributed by atoms with Gasteiger partial charge in [-0.2, -0.15) is 0 Å². The van der Waals surface area contributed by atoms with Gasteiger partial charge in [0, 0.05) is 12.2 Å². The van der Waals surface area contributed by atoms with Crippen molar-refractivity contribution in [1.29, 1.82) is 0 Å². The number of nitrogens with one attached hydrogen (secondary N) is 2. The summed E-state index contributed by atoms with van der Waals surface area (Å²) in [6.45, 7) is 0.406. The number of para-hydroxylation sites is 1. The first-order valence-electron chi connectivity index (χ1n) is 7.52. The van der Waals surface area contributed by atoms with Gasteiger partial charge in [0.1, 0.15) is 18.0 Å². The molecular formula is C18H19FN2O3. The Kier molecular flexibility index (Phi) is 6.31. The molecule has 0 saturated heterocycles. The summed E-state index contributed by atoms with van der Waals surface area (Å²) in [7, 11) is 1.59. The number of halogens is 1. The van der Waals surface area contributed by atoms with E-state index in [-0.39, 0.29) is 18.1 Å². The molecule has 0 aromatic heterocycles. The van der Waals surface area contributed by atoms with Gasteiger partial charge in [-0.05, 0) is 42.3 Å². The SMILES string of the molecule is COc1ccccc1CCNC(=O)CC(=O)Nc1ccc(F)cc1. The number of methoxy groups -OCH3 is 1. The highest BCUT2D eigenvalue weighted by Crippen LogP contribution is 2.17. The van der Waals surface area contributed by atoms with Crippen molar-refractivity contribution in [3.63, 3.8) is 0 Å². The predicted molar refractivity (Wildman–Crippen MR) is 89.4 cm³/mol. The van der Waals surface area contributed by atoms with E-state index in [0.717, 1.165) is 11.3 Å². The molecule has 2 aromatic rings. The molecule has 0 atom stereocenters. The molecule has 2 amide bonds. The fourth-order valence-electron chi connectivity index (χ4n) is 2.19. The van der Waals surface area contributed by atoms with Crippen LogP contribution in [0.15, 0.2) is 48.5 Å². The second kappa shape index (κ2) is 8.67. The van der Waals surface area contributed by atoms with Gasteiger partial charge in [-0.1, -0.05) is 18.2 Å². The van der Waals surface area contributed by atoms with Crippen molar-refractivity contribution in [1.82, 2.24) is 5.32 Å². The second-order valence-electron chi connectivity index (χ2n) is 5.14. The molecule has 0 aliphatic carbocycles. The van der Waals surface area contributed by atoms with E-state index in [1.807, 2.05) is 24.3 Å². The zero-order chi connectivity index (χ0) is 17.4. The van der Waals surface area contributed by atoms with Crippen LogP contribution in [0.3, 0.4) is 0 Å². The van der Waals surface area contributed by atoms with E-state index in [9.17, 15) is 14.0 Å². The highest BCUT2D eigenvalue weighted by atomic mass is 19.1. The molecule has 6 heteroatoms. The molecular weight excluding hydrogens is 311 g/mol. The lowest BCUT2D eigenvalue weighted by atomic mass is 10.1. The summed E-state index contributed by atoms with van der Waals surface area (Å²) in [5.41, 5.74) is 1.43. The normalized spacial score (nSPS) is 10.1. The summed E-state index contributed by atoms with van der Waals surface area (Å²) in [6, 6.07) is 12.9. The van der Waals surface area contributed by atoms with Crippen LogP contribution in [0.4, 0.5) is 10.1 Å². The fraction of sp³-hybridized carbons (Fsp3) is 0.222. The maximum Gasteiger partial charge on any atom is 0.233 e. The van der Waals surface area contributed by atoms with Crippen LogP contribution < -0.4 is 15.4 Å². The monoisotopic (exact) mass is 330 g/mol. The maximum absolute atomic E-state index is 12.8. The average molecular weight is 330 g/mol. The Labute approximate surface area is 139 Å². The van der Waals surface area contributed by atoms with Crippen molar-refractivity contribution in [2.24, 2.45) is 0 Å². The molecule has 2 N–H and O–H groups in total. The van der Waals surface area contributed by atoms with Gasteiger partial charge in [0.25, 0.3) is 0 Å². The molecule has 0 aliphatic heterocycles. The molecule has 0 aliphatic rings. The Hall–Kier alpha value is -2.89. The first-order valence-corrected chi connectivity index (χ1v) is 7.52. The Morgan fingerprint density at radius 1 is 1.04 bits per heavy atom. The zero-order valence-corrected chi connectivity index (χ0v) is 13.3. The number of carbonyl (C=O) groups excluding carboxylic acids is 2. The number of rotatable bonds is 7. The quantitative estimate of drug-likeness (QED) is 0.767. The molecule has 0 radical (unpaired) electrons. The van der Waals surface area contributed by atoms with Crippen molar-refractivity contribution >= 4 is 17.5 Å². The first kappa shape index (κ1) is 17.5. The number of benzene rings is 2. The van der Waals surface area contributed by atoms with Crippen molar-refractivity contribution in [3.8, 4) is 5.75 Å². The van der Waals surface area contributed by atoms with E-state index in [0.29, 0.717) is 18.7 Å². The van der Waals surface area contributed by atoms with Crippen LogP contribution in [0.5, 0.6) is 5.75 Å². The van der Waals surface area contributed by atoms with Crippen LogP contribution in [-0.2, 0) is 16.0 Å². The van der Waals surface area contributed by atoms with Gasteiger partial charge in [0.2, 0.25) is 11.8 Å². The van der Waals surface area contributed by atoms with Crippen molar-refractivity contribution in [3.05, 3.63) is 59.9 Å². The molecule has 2 rings (SSSR count). The zero-order valence-electron chi connectivity index (χ0n) is 13.3. The van der Waals surface area contributed by atoms with E-state index in [2.05, 4.69) is 10.6 Å². The average Bonchev–Trinajstić information content (AvgIpc) is 2.57. The minimum atomic E-state index is -0.448. The number of amides is 2. The summed E-state index contributed by atoms with van der Waals surface area (Å²) in [4.78, 5) is 23.5. The number of anilines is 1. The molecule has 0 saturated carbocycles. The lowest BCUT2D eigenvalue weighted by molar-refractivity contribution is -0.126. The molecule has 0 spiro atoms. The third-order valence-electron chi connectivity index (χ3n) is 3.36. The van der Waals surface area contributed by atoms with Gasteiger partial charge in [-0.15, -0.1) is 0 Å². The van der Waals surface area contributed by atoms with E-state index in [4.69, 9.17) is 4.74 Å². The molecule has 0 unspecified atom stereocenters. The van der Waals surface area contributed by atoms with E-state index in [1.165, 1.54) is 24.3 Å². The van der Waals surface area contributed by atoms with Gasteiger partial charge in [-0.3, -0.25) is 9.59 Å². The van der Waals surface area contributed by atoms with Gasteiger partial charge >= 0.3 is 0 Å². The van der Waals surface area contributed by atoms with Crippen LogP contribution >= 0.6 is 0 Å². The molecule has 126 valence electrons. The Morgan fingerprint density at radius 3 is 2.46 bits per heavy atom. The molecule has 0 bridgehead atoms. The lowest BCUT2D eigenvalue weighted by Crippen LogP contribution is -2.29. The summed E-state index contributed by atoms with van der Waals surface area (Å²) < 4.78 is 18.0. The molecule has 0 fully saturated rings. The number of ether oxygens (including phenoxy) is 1. The van der Waals surface area contributed by atoms with Gasteiger partial charge in [-0.25, -0.2) is 4.39 Å². The van der Waals surface area contributed by atoms with E-state index >= 15 is 0 Å². The van der Waals surface area contributed by atoms with Crippen molar-refractivity contribution in [2.75, 3.05) is 19.0 Å². The minimum absolute atomic E-state index is 0.288. The summed E-state index contributed by atoms with van der Waals surface area (Å²) in [5, 5.41) is 5.23. The Balaban J connectivity index is 1.74. The van der Waals surface area contributed by atoms with Crippen LogP contribution in [0.25, 0.3) is 0 Å². The van der Waals surface area contributed by atoms with Crippen LogP contribution in [0.2, 0.25) is 0 Å². The third-order valence-corrected chi connectivity index (χ3v) is 3.36. The summed E-state index contributed by atoms with van der Waals surface area (Å²) in [6.07, 6.45) is 0.318. The van der Waals surface area contributed by atoms with Crippen LogP contribution in [0, 0.1) is 5.82 Å². The number of carbonyl (C=O) groups is 2. The molecule has 2 aromatic carbocycles. The predicted octanol–water partition coefficient (Wildman–Crippen LogP) is 2.52. The topological polar surface area (TPSA) is 67.4 Å². The highest BCUT2D eigenvalue weighted by Gasteiger charge is 2.10. The first-order chi connectivity index (χ1) is 11.6. The largest absolute Gasteiger partial charge is 0.496 e. The van der Waals surface area contributed by atoms with E-state index < -0.39 is 5.91 Å². The molecule has 24 heavy (non-hydrogen) atoms. The minimum Gasteiger partial charge on any atom is -0.496 e. The van der Waals surface area contributed by atoms with E-state index in [1.54, 1.807) is 7.11 Å². The second-order valence-corrected chi connectivity index (χ2v) is 5.14. The Morgan fingerprint density at radius 2 is 1.75 bits per heavy atom. The van der Waals surface area contributed by atoms with Crippen LogP contribution in [-0.4, -0.2) is 25.5 Å². The number of hydrogen-bond acceptors (Lipinski definition) is 3. The maximum atomic E-state index is 12.8. The summed E-state index contributed by atoms with van der Waals surface area (Å²) in [5.74, 6) is -0.441. The molecule has 0 heterocycles. The fourth-order valence-corrected chi connectivity index (χ4v) is 2.19. The standard InChI is InChI=1S/C18H19FN2O3/c1-24-16-5-3-2-4-13(16)10-11-20-17(22)12-18(23)21-15-8-6-14(19)7-9-15/h2-9H,10-12H2,1H3,(H,20,22)(H,21,23). The Bertz CT molecular complexity index is 702. The van der Waals surface area contributed by atoms with Crippen molar-refractivity contribution in [2.45, 2.75) is 12.8 Å². The van der Waals surface area contributed by atoms with Crippen molar-refractivity contribution < 1.29 is 18.7 Å². The van der Waals surface area contributed by atoms with Gasteiger partial charge in [0.05, 0.1) is 7.11 Å². The molecule has 5 nitrogen and oxygen atoms in total. The third kappa shape index (κ3) is 5.39. The number of hydrogen-bond donors (Lipinski definition) is 2. The lowest BCUT2D eigenvalue weighted by Gasteiger charge is -2.09.